The highest BCUT2D eigenvalue weighted by molar-refractivity contribution is 5.81. The molecule has 0 aliphatic heterocycles. The molecular weight excluding hydrogens is 280 g/mol. The first-order chi connectivity index (χ1) is 10.1. The molecule has 0 N–H and O–H groups in total. The normalized spacial score (nSPS) is 10.2. The molecule has 21 heavy (non-hydrogen) atoms. The molecule has 0 aromatic carbocycles. The van der Waals surface area contributed by atoms with Crippen LogP contribution in [0.1, 0.15) is 32.6 Å². The zero-order chi connectivity index (χ0) is 15.9. The third kappa shape index (κ3) is 12.7. The summed E-state index contributed by atoms with van der Waals surface area (Å²) in [5.41, 5.74) is 0. The van der Waals surface area contributed by atoms with Gasteiger partial charge in [0.1, 0.15) is 13.2 Å². The number of ether oxygens (including phenoxy) is 4. The fourth-order valence-corrected chi connectivity index (χ4v) is 1.32. The second-order valence-corrected chi connectivity index (χ2v) is 4.00. The number of hydrogen-bond acceptors (Lipinski definition) is 7. The van der Waals surface area contributed by atoms with Crippen LogP contribution in [0.2, 0.25) is 0 Å². The summed E-state index contributed by atoms with van der Waals surface area (Å²) in [6.07, 6.45) is 4.55. The van der Waals surface area contributed by atoms with Crippen LogP contribution in [0.3, 0.4) is 0 Å². The van der Waals surface area contributed by atoms with Gasteiger partial charge in [0.05, 0.1) is 13.7 Å². The fraction of sp³-hybridized carbons (Fsp3) is 0.643. The molecule has 0 saturated carbocycles. The summed E-state index contributed by atoms with van der Waals surface area (Å²) in [6, 6.07) is 0. The quantitative estimate of drug-likeness (QED) is 0.264. The van der Waals surface area contributed by atoms with E-state index in [1.807, 2.05) is 0 Å². The van der Waals surface area contributed by atoms with Gasteiger partial charge in [-0.3, -0.25) is 4.79 Å². The van der Waals surface area contributed by atoms with Crippen LogP contribution in [0.25, 0.3) is 0 Å². The van der Waals surface area contributed by atoms with Gasteiger partial charge in [-0.15, -0.1) is 0 Å². The molecule has 0 aliphatic rings. The Labute approximate surface area is 124 Å². The first kappa shape index (κ1) is 18.9. The highest BCUT2D eigenvalue weighted by Gasteiger charge is 2.05. The first-order valence-electron chi connectivity index (χ1n) is 6.76. The molecule has 0 amide bonds. The molecule has 0 bridgehead atoms. The van der Waals surface area contributed by atoms with Gasteiger partial charge >= 0.3 is 18.1 Å². The minimum absolute atomic E-state index is 0.00883. The van der Waals surface area contributed by atoms with E-state index in [-0.39, 0.29) is 31.6 Å². The molecule has 7 nitrogen and oxygen atoms in total. The number of rotatable bonds is 10. The van der Waals surface area contributed by atoms with E-state index >= 15 is 0 Å². The summed E-state index contributed by atoms with van der Waals surface area (Å²) in [5.74, 6) is -0.711. The molecule has 0 aliphatic carbocycles. The summed E-state index contributed by atoms with van der Waals surface area (Å²) in [7, 11) is 1.20. The highest BCUT2D eigenvalue weighted by Crippen LogP contribution is 2.02. The van der Waals surface area contributed by atoms with Crippen molar-refractivity contribution in [3.8, 4) is 0 Å². The minimum atomic E-state index is -0.807. The van der Waals surface area contributed by atoms with E-state index in [0.717, 1.165) is 6.42 Å². The highest BCUT2D eigenvalue weighted by atomic mass is 16.7. The second kappa shape index (κ2) is 13.0. The largest absolute Gasteiger partial charge is 0.508 e. The van der Waals surface area contributed by atoms with Crippen LogP contribution >= 0.6 is 0 Å². The summed E-state index contributed by atoms with van der Waals surface area (Å²) in [4.78, 5) is 32.9. The monoisotopic (exact) mass is 302 g/mol. The Hall–Kier alpha value is -2.05. The molecule has 120 valence electrons. The average Bonchev–Trinajstić information content (AvgIpc) is 2.47. The molecule has 0 radical (unpaired) electrons. The van der Waals surface area contributed by atoms with Crippen molar-refractivity contribution in [2.45, 2.75) is 32.6 Å². The summed E-state index contributed by atoms with van der Waals surface area (Å²) in [5, 5.41) is 0. The van der Waals surface area contributed by atoms with E-state index in [9.17, 15) is 14.4 Å². The zero-order valence-electron chi connectivity index (χ0n) is 12.5. The number of unbranched alkanes of at least 4 members (excludes halogenated alkanes) is 2. The molecule has 0 aromatic heterocycles. The lowest BCUT2D eigenvalue weighted by Gasteiger charge is -2.05. The second-order valence-electron chi connectivity index (χ2n) is 4.00. The molecule has 0 aromatic rings. The summed E-state index contributed by atoms with van der Waals surface area (Å²) < 4.78 is 18.5. The number of carbonyl (C=O) groups excluding carboxylic acids is 3. The Balaban J connectivity index is 3.38. The molecule has 7 heteroatoms. The van der Waals surface area contributed by atoms with Gasteiger partial charge in [-0.1, -0.05) is 6.08 Å². The van der Waals surface area contributed by atoms with Crippen LogP contribution in [0.5, 0.6) is 0 Å². The van der Waals surface area contributed by atoms with Crippen LogP contribution in [0.4, 0.5) is 4.79 Å². The Morgan fingerprint density at radius 1 is 0.905 bits per heavy atom. The Bertz CT molecular complexity index is 349. The van der Waals surface area contributed by atoms with Crippen LogP contribution in [0.15, 0.2) is 12.2 Å². The summed E-state index contributed by atoms with van der Waals surface area (Å²) >= 11 is 0. The van der Waals surface area contributed by atoms with E-state index in [4.69, 9.17) is 9.47 Å². The van der Waals surface area contributed by atoms with Gasteiger partial charge < -0.3 is 18.9 Å². The van der Waals surface area contributed by atoms with E-state index in [1.165, 1.54) is 13.2 Å². The van der Waals surface area contributed by atoms with Crippen molar-refractivity contribution in [3.63, 3.8) is 0 Å². The number of esters is 2. The maximum Gasteiger partial charge on any atom is 0.508 e. The predicted molar refractivity (Wildman–Crippen MR) is 73.6 cm³/mol. The van der Waals surface area contributed by atoms with Crippen molar-refractivity contribution in [1.82, 2.24) is 0 Å². The number of carbonyl (C=O) groups is 3. The Morgan fingerprint density at radius 3 is 2.29 bits per heavy atom. The average molecular weight is 302 g/mol. The third-order valence-corrected chi connectivity index (χ3v) is 2.31. The molecule has 0 rings (SSSR count). The summed E-state index contributed by atoms with van der Waals surface area (Å²) in [6.45, 7) is 2.06. The van der Waals surface area contributed by atoms with Crippen LogP contribution in [0, 0.1) is 0 Å². The standard InChI is InChI=1S/C14H22O7/c1-3-7-12(15)19-9-6-4-5-8-13(16)20-10-11-21-14(17)18-2/h3,7H,4-6,8-11H2,1-2H3. The predicted octanol–water partition coefficient (Wildman–Crippen LogP) is 1.99. The Kier molecular flexibility index (Phi) is 11.7. The minimum Gasteiger partial charge on any atom is -0.463 e. The van der Waals surface area contributed by atoms with Crippen molar-refractivity contribution in [3.05, 3.63) is 12.2 Å². The molecule has 0 spiro atoms. The molecule has 0 saturated heterocycles. The van der Waals surface area contributed by atoms with Gasteiger partial charge in [0.25, 0.3) is 0 Å². The first-order valence-corrected chi connectivity index (χ1v) is 6.76. The fourth-order valence-electron chi connectivity index (χ4n) is 1.32. The van der Waals surface area contributed by atoms with Gasteiger partial charge in [-0.2, -0.15) is 0 Å². The van der Waals surface area contributed by atoms with Gasteiger partial charge in [0, 0.05) is 12.5 Å². The lowest BCUT2D eigenvalue weighted by atomic mass is 10.2. The van der Waals surface area contributed by atoms with Crippen molar-refractivity contribution in [2.24, 2.45) is 0 Å². The lowest BCUT2D eigenvalue weighted by molar-refractivity contribution is -0.145. The molecule has 0 atom stereocenters. The number of methoxy groups -OCH3 is 1. The van der Waals surface area contributed by atoms with Gasteiger partial charge in [-0.05, 0) is 26.2 Å². The number of allylic oxidation sites excluding steroid dienone is 1. The van der Waals surface area contributed by atoms with Crippen molar-refractivity contribution in [2.75, 3.05) is 26.9 Å². The van der Waals surface area contributed by atoms with Crippen LogP contribution in [-0.4, -0.2) is 45.0 Å². The third-order valence-electron chi connectivity index (χ3n) is 2.31. The molecule has 0 fully saturated rings. The lowest BCUT2D eigenvalue weighted by Crippen LogP contribution is -2.13. The molecule has 0 heterocycles. The topological polar surface area (TPSA) is 88.1 Å². The van der Waals surface area contributed by atoms with Crippen molar-refractivity contribution in [1.29, 1.82) is 0 Å². The van der Waals surface area contributed by atoms with E-state index in [2.05, 4.69) is 9.47 Å². The van der Waals surface area contributed by atoms with Gasteiger partial charge in [-0.25, -0.2) is 9.59 Å². The number of hydrogen-bond donors (Lipinski definition) is 0. The molecule has 0 unspecified atom stereocenters. The van der Waals surface area contributed by atoms with Gasteiger partial charge in [0.15, 0.2) is 0 Å². The Morgan fingerprint density at radius 2 is 1.62 bits per heavy atom. The van der Waals surface area contributed by atoms with Crippen LogP contribution in [-0.2, 0) is 28.5 Å². The maximum absolute atomic E-state index is 11.3. The van der Waals surface area contributed by atoms with Crippen LogP contribution < -0.4 is 0 Å². The smallest absolute Gasteiger partial charge is 0.463 e. The van der Waals surface area contributed by atoms with Crippen molar-refractivity contribution < 1.29 is 33.3 Å². The van der Waals surface area contributed by atoms with Gasteiger partial charge in [0.2, 0.25) is 0 Å². The van der Waals surface area contributed by atoms with E-state index < -0.39 is 6.16 Å². The van der Waals surface area contributed by atoms with E-state index in [1.54, 1.807) is 13.0 Å². The van der Waals surface area contributed by atoms with E-state index in [0.29, 0.717) is 19.4 Å². The SMILES string of the molecule is CC=CC(=O)OCCCCCC(=O)OCCOC(=O)OC. The van der Waals surface area contributed by atoms with Crippen molar-refractivity contribution >= 4 is 18.1 Å². The zero-order valence-corrected chi connectivity index (χ0v) is 12.5. The molecular formula is C14H22O7. The maximum atomic E-state index is 11.3.